The van der Waals surface area contributed by atoms with Crippen molar-refractivity contribution in [3.05, 3.63) is 53.1 Å². The van der Waals surface area contributed by atoms with Crippen molar-refractivity contribution >= 4 is 17.7 Å². The fourth-order valence-electron chi connectivity index (χ4n) is 3.10. The monoisotopic (exact) mass is 443 g/mol. The zero-order valence-electron chi connectivity index (χ0n) is 18.9. The van der Waals surface area contributed by atoms with Gasteiger partial charge in [-0.15, -0.1) is 0 Å². The molecule has 0 radical (unpaired) electrons. The van der Waals surface area contributed by atoms with Crippen LogP contribution in [0.4, 0.5) is 0 Å². The first kappa shape index (κ1) is 24.7. The van der Waals surface area contributed by atoms with Crippen LogP contribution in [0.5, 0.6) is 17.2 Å². The maximum atomic E-state index is 12.4. The van der Waals surface area contributed by atoms with Crippen molar-refractivity contribution in [1.29, 1.82) is 0 Å². The highest BCUT2D eigenvalue weighted by Crippen LogP contribution is 2.38. The molecule has 1 amide bonds. The summed E-state index contributed by atoms with van der Waals surface area (Å²) in [5, 5.41) is 2.75. The van der Waals surface area contributed by atoms with Gasteiger partial charge < -0.3 is 24.3 Å². The fraction of sp³-hybridized carbons (Fsp3) is 0.375. The van der Waals surface area contributed by atoms with Crippen LogP contribution >= 0.6 is 0 Å². The van der Waals surface area contributed by atoms with Gasteiger partial charge in [0.05, 0.1) is 27.8 Å². The van der Waals surface area contributed by atoms with E-state index in [-0.39, 0.29) is 24.7 Å². The predicted molar refractivity (Wildman–Crippen MR) is 119 cm³/mol. The molecule has 0 unspecified atom stereocenters. The molecule has 2 aromatic carbocycles. The Kier molecular flexibility index (Phi) is 9.53. The molecule has 0 fully saturated rings. The molecule has 0 spiro atoms. The number of ketones is 1. The normalized spacial score (nSPS) is 10.2. The van der Waals surface area contributed by atoms with Crippen LogP contribution in [0.1, 0.15) is 34.8 Å². The SMILES string of the molecule is COc1cc(CC(=O)OCC(=O)c2ccc(CCCNC(C)=O)cc2)cc(OC)c1OC. The summed E-state index contributed by atoms with van der Waals surface area (Å²) in [5.41, 5.74) is 2.14. The van der Waals surface area contributed by atoms with Gasteiger partial charge in [0.2, 0.25) is 11.7 Å². The maximum Gasteiger partial charge on any atom is 0.310 e. The van der Waals surface area contributed by atoms with E-state index < -0.39 is 5.97 Å². The Morgan fingerprint density at radius 2 is 1.50 bits per heavy atom. The first-order valence-corrected chi connectivity index (χ1v) is 10.2. The lowest BCUT2D eigenvalue weighted by Gasteiger charge is -2.14. The molecule has 2 rings (SSSR count). The van der Waals surface area contributed by atoms with E-state index in [1.54, 1.807) is 24.3 Å². The predicted octanol–water partition coefficient (Wildman–Crippen LogP) is 2.75. The van der Waals surface area contributed by atoms with Crippen LogP contribution in [-0.2, 0) is 27.2 Å². The highest BCUT2D eigenvalue weighted by atomic mass is 16.5. The molecule has 8 nitrogen and oxygen atoms in total. The number of esters is 1. The van der Waals surface area contributed by atoms with E-state index >= 15 is 0 Å². The van der Waals surface area contributed by atoms with Gasteiger partial charge in [0.1, 0.15) is 0 Å². The highest BCUT2D eigenvalue weighted by molar-refractivity contribution is 5.98. The largest absolute Gasteiger partial charge is 0.493 e. The Bertz CT molecular complexity index is 913. The molecule has 0 saturated carbocycles. The first-order valence-electron chi connectivity index (χ1n) is 10.2. The highest BCUT2D eigenvalue weighted by Gasteiger charge is 2.16. The van der Waals surface area contributed by atoms with Gasteiger partial charge >= 0.3 is 5.97 Å². The Balaban J connectivity index is 1.87. The molecule has 0 saturated heterocycles. The van der Waals surface area contributed by atoms with Crippen molar-refractivity contribution in [2.75, 3.05) is 34.5 Å². The molecular formula is C24H29NO7. The number of carbonyl (C=O) groups is 3. The van der Waals surface area contributed by atoms with Crippen molar-refractivity contribution < 1.29 is 33.3 Å². The standard InChI is InChI=1S/C24H29NO7/c1-16(26)25-11-5-6-17-7-9-19(10-8-17)20(27)15-32-23(28)14-18-12-21(29-2)24(31-4)22(13-18)30-3/h7-10,12-13H,5-6,11,14-15H2,1-4H3,(H,25,26). The maximum absolute atomic E-state index is 12.4. The zero-order valence-corrected chi connectivity index (χ0v) is 18.9. The van der Waals surface area contributed by atoms with Gasteiger partial charge in [0.25, 0.3) is 0 Å². The first-order chi connectivity index (χ1) is 15.4. The number of hydrogen-bond acceptors (Lipinski definition) is 7. The lowest BCUT2D eigenvalue weighted by molar-refractivity contribution is -0.141. The molecule has 0 heterocycles. The summed E-state index contributed by atoms with van der Waals surface area (Å²) in [4.78, 5) is 35.5. The minimum atomic E-state index is -0.540. The minimum Gasteiger partial charge on any atom is -0.493 e. The number of rotatable bonds is 12. The average molecular weight is 443 g/mol. The second-order valence-corrected chi connectivity index (χ2v) is 7.08. The van der Waals surface area contributed by atoms with Crippen LogP contribution in [0.2, 0.25) is 0 Å². The second kappa shape index (κ2) is 12.3. The second-order valence-electron chi connectivity index (χ2n) is 7.08. The average Bonchev–Trinajstić information content (AvgIpc) is 2.79. The van der Waals surface area contributed by atoms with Crippen molar-refractivity contribution in [1.82, 2.24) is 5.32 Å². The number of ether oxygens (including phenoxy) is 4. The molecule has 0 aromatic heterocycles. The van der Waals surface area contributed by atoms with E-state index in [4.69, 9.17) is 18.9 Å². The number of aryl methyl sites for hydroxylation is 1. The van der Waals surface area contributed by atoms with E-state index in [1.165, 1.54) is 28.3 Å². The van der Waals surface area contributed by atoms with Gasteiger partial charge in [-0.25, -0.2) is 0 Å². The van der Waals surface area contributed by atoms with Crippen molar-refractivity contribution in [2.45, 2.75) is 26.2 Å². The number of amides is 1. The van der Waals surface area contributed by atoms with Crippen LogP contribution < -0.4 is 19.5 Å². The van der Waals surface area contributed by atoms with Gasteiger partial charge in [-0.3, -0.25) is 14.4 Å². The minimum absolute atomic E-state index is 0.0444. The molecule has 32 heavy (non-hydrogen) atoms. The van der Waals surface area contributed by atoms with Gasteiger partial charge in [-0.2, -0.15) is 0 Å². The molecule has 172 valence electrons. The third-order valence-electron chi connectivity index (χ3n) is 4.73. The lowest BCUT2D eigenvalue weighted by atomic mass is 10.1. The van der Waals surface area contributed by atoms with E-state index in [0.717, 1.165) is 18.4 Å². The number of hydrogen-bond donors (Lipinski definition) is 1. The van der Waals surface area contributed by atoms with Crippen molar-refractivity contribution in [2.24, 2.45) is 0 Å². The molecule has 8 heteroatoms. The third kappa shape index (κ3) is 7.30. The zero-order chi connectivity index (χ0) is 23.5. The number of nitrogens with one attached hydrogen (secondary N) is 1. The van der Waals surface area contributed by atoms with E-state index in [9.17, 15) is 14.4 Å². The Hall–Kier alpha value is -3.55. The van der Waals surface area contributed by atoms with Gasteiger partial charge in [-0.05, 0) is 36.1 Å². The van der Waals surface area contributed by atoms with Crippen LogP contribution in [0.3, 0.4) is 0 Å². The Labute approximate surface area is 187 Å². The number of benzene rings is 2. The summed E-state index contributed by atoms with van der Waals surface area (Å²) >= 11 is 0. The molecule has 0 aliphatic rings. The molecule has 0 aliphatic heterocycles. The lowest BCUT2D eigenvalue weighted by Crippen LogP contribution is -2.21. The fourth-order valence-corrected chi connectivity index (χ4v) is 3.10. The molecule has 0 atom stereocenters. The summed E-state index contributed by atoms with van der Waals surface area (Å²) in [6, 6.07) is 10.5. The summed E-state index contributed by atoms with van der Waals surface area (Å²) in [6.45, 7) is 1.75. The third-order valence-corrected chi connectivity index (χ3v) is 4.73. The van der Waals surface area contributed by atoms with E-state index in [0.29, 0.717) is 34.9 Å². The van der Waals surface area contributed by atoms with E-state index in [2.05, 4.69) is 5.32 Å². The van der Waals surface area contributed by atoms with Crippen LogP contribution in [0, 0.1) is 0 Å². The van der Waals surface area contributed by atoms with Crippen molar-refractivity contribution in [3.8, 4) is 17.2 Å². The van der Waals surface area contributed by atoms with Gasteiger partial charge in [0, 0.05) is 19.0 Å². The smallest absolute Gasteiger partial charge is 0.310 e. The van der Waals surface area contributed by atoms with Crippen LogP contribution in [0.15, 0.2) is 36.4 Å². The number of Topliss-reactive ketones (excluding diaryl/α,β-unsaturated/α-hetero) is 1. The topological polar surface area (TPSA) is 100 Å². The molecular weight excluding hydrogens is 414 g/mol. The molecule has 0 bridgehead atoms. The summed E-state index contributed by atoms with van der Waals surface area (Å²) in [5.74, 6) is 0.424. The summed E-state index contributed by atoms with van der Waals surface area (Å²) in [6.07, 6.45) is 1.56. The number of carbonyl (C=O) groups excluding carboxylic acids is 3. The van der Waals surface area contributed by atoms with Crippen molar-refractivity contribution in [3.63, 3.8) is 0 Å². The summed E-state index contributed by atoms with van der Waals surface area (Å²) in [7, 11) is 4.48. The molecule has 2 aromatic rings. The number of methoxy groups -OCH3 is 3. The molecule has 1 N–H and O–H groups in total. The quantitative estimate of drug-likeness (QED) is 0.306. The van der Waals surface area contributed by atoms with Crippen LogP contribution in [0.25, 0.3) is 0 Å². The Morgan fingerprint density at radius 1 is 0.875 bits per heavy atom. The Morgan fingerprint density at radius 3 is 2.03 bits per heavy atom. The van der Waals surface area contributed by atoms with E-state index in [1.807, 2.05) is 12.1 Å². The molecule has 0 aliphatic carbocycles. The van der Waals surface area contributed by atoms with Gasteiger partial charge in [-0.1, -0.05) is 24.3 Å². The summed E-state index contributed by atoms with van der Waals surface area (Å²) < 4.78 is 21.0. The van der Waals surface area contributed by atoms with Crippen LogP contribution in [-0.4, -0.2) is 52.1 Å². The van der Waals surface area contributed by atoms with Gasteiger partial charge in [0.15, 0.2) is 23.9 Å².